The predicted octanol–water partition coefficient (Wildman–Crippen LogP) is 9.98. The number of anilines is 3. The Bertz CT molecular complexity index is 1630. The molecule has 0 aliphatic carbocycles. The second kappa shape index (κ2) is 13.0. The lowest BCUT2D eigenvalue weighted by Crippen LogP contribution is -2.19. The van der Waals surface area contributed by atoms with Crippen LogP contribution in [0.25, 0.3) is 11.1 Å². The van der Waals surface area contributed by atoms with E-state index in [4.69, 9.17) is 9.47 Å². The highest BCUT2D eigenvalue weighted by molar-refractivity contribution is 5.81. The molecule has 0 bridgehead atoms. The summed E-state index contributed by atoms with van der Waals surface area (Å²) in [4.78, 5) is 13.6. The van der Waals surface area contributed by atoms with Crippen molar-refractivity contribution < 1.29 is 18.7 Å². The Kier molecular flexibility index (Phi) is 8.78. The van der Waals surface area contributed by atoms with Gasteiger partial charge in [0.2, 0.25) is 0 Å². The molecule has 42 heavy (non-hydrogen) atoms. The number of esters is 1. The Morgan fingerprint density at radius 3 is 1.88 bits per heavy atom. The SMILES string of the molecule is C=CC(=O)OC(C)C(C)c1ccc(-c2ccc(N(c3ccc(Oc4ccccc4)cc3)c3cccc(F)c3)cc2)cc1. The zero-order chi connectivity index (χ0) is 29.5. The summed E-state index contributed by atoms with van der Waals surface area (Å²) in [5.41, 5.74) is 5.67. The molecule has 5 heteroatoms. The van der Waals surface area contributed by atoms with Gasteiger partial charge < -0.3 is 14.4 Å². The molecule has 2 atom stereocenters. The van der Waals surface area contributed by atoms with Gasteiger partial charge in [-0.3, -0.25) is 0 Å². The molecule has 5 aromatic carbocycles. The molecule has 0 heterocycles. The maximum atomic E-state index is 14.3. The zero-order valence-corrected chi connectivity index (χ0v) is 23.6. The minimum Gasteiger partial charge on any atom is -0.459 e. The number of hydrogen-bond donors (Lipinski definition) is 0. The number of benzene rings is 5. The number of nitrogens with zero attached hydrogens (tertiary/aromatic N) is 1. The van der Waals surface area contributed by atoms with Crippen molar-refractivity contribution in [3.63, 3.8) is 0 Å². The standard InChI is InChI=1S/C37H32FNO3/c1-4-37(40)41-27(3)26(2)28-13-15-29(16-14-28)30-17-19-32(20-18-30)39(34-10-8-9-31(38)25-34)33-21-23-36(24-22-33)42-35-11-6-5-7-12-35/h4-27H,1H2,2-3H3. The van der Waals surface area contributed by atoms with Crippen LogP contribution in [0.5, 0.6) is 11.5 Å². The Balaban J connectivity index is 1.38. The summed E-state index contributed by atoms with van der Waals surface area (Å²) < 4.78 is 25.6. The summed E-state index contributed by atoms with van der Waals surface area (Å²) in [6.45, 7) is 7.38. The molecule has 0 aromatic heterocycles. The highest BCUT2D eigenvalue weighted by atomic mass is 19.1. The molecule has 0 saturated heterocycles. The summed E-state index contributed by atoms with van der Waals surface area (Å²) in [6, 6.07) is 40.3. The summed E-state index contributed by atoms with van der Waals surface area (Å²) in [6.07, 6.45) is 0.911. The van der Waals surface area contributed by atoms with Gasteiger partial charge in [0.05, 0.1) is 0 Å². The van der Waals surface area contributed by atoms with Crippen molar-refractivity contribution in [2.24, 2.45) is 0 Å². The number of carbonyl (C=O) groups excluding carboxylic acids is 1. The number of ether oxygens (including phenoxy) is 2. The van der Waals surface area contributed by atoms with Crippen LogP contribution in [-0.2, 0) is 9.53 Å². The molecule has 0 aliphatic heterocycles. The average Bonchev–Trinajstić information content (AvgIpc) is 3.02. The van der Waals surface area contributed by atoms with Crippen molar-refractivity contribution in [3.05, 3.63) is 151 Å². The number of para-hydroxylation sites is 1. The van der Waals surface area contributed by atoms with Crippen LogP contribution in [0.2, 0.25) is 0 Å². The van der Waals surface area contributed by atoms with Gasteiger partial charge in [0.1, 0.15) is 23.4 Å². The van der Waals surface area contributed by atoms with E-state index in [1.165, 1.54) is 18.2 Å². The van der Waals surface area contributed by atoms with E-state index in [2.05, 4.69) is 43.0 Å². The van der Waals surface area contributed by atoms with Crippen LogP contribution in [0.3, 0.4) is 0 Å². The van der Waals surface area contributed by atoms with Gasteiger partial charge in [0.15, 0.2) is 0 Å². The molecule has 0 spiro atoms. The Morgan fingerprint density at radius 1 is 0.714 bits per heavy atom. The fourth-order valence-corrected chi connectivity index (χ4v) is 4.74. The fraction of sp³-hybridized carbons (Fsp3) is 0.108. The fourth-order valence-electron chi connectivity index (χ4n) is 4.74. The molecular weight excluding hydrogens is 525 g/mol. The van der Waals surface area contributed by atoms with Crippen LogP contribution in [0.4, 0.5) is 21.5 Å². The Hall–Kier alpha value is -5.16. The molecule has 0 radical (unpaired) electrons. The number of hydrogen-bond acceptors (Lipinski definition) is 4. The number of halogens is 1. The molecule has 0 N–H and O–H groups in total. The van der Waals surface area contributed by atoms with E-state index in [1.807, 2.05) is 91.5 Å². The summed E-state index contributed by atoms with van der Waals surface area (Å²) >= 11 is 0. The molecule has 5 rings (SSSR count). The molecule has 0 amide bonds. The monoisotopic (exact) mass is 557 g/mol. The molecule has 4 nitrogen and oxygen atoms in total. The van der Waals surface area contributed by atoms with Crippen LogP contribution in [0, 0.1) is 5.82 Å². The predicted molar refractivity (Wildman–Crippen MR) is 167 cm³/mol. The van der Waals surface area contributed by atoms with Gasteiger partial charge in [-0.25, -0.2) is 9.18 Å². The average molecular weight is 558 g/mol. The molecule has 2 unspecified atom stereocenters. The van der Waals surface area contributed by atoms with E-state index in [-0.39, 0.29) is 17.8 Å². The summed E-state index contributed by atoms with van der Waals surface area (Å²) in [5.74, 6) is 0.784. The van der Waals surface area contributed by atoms with Crippen LogP contribution in [-0.4, -0.2) is 12.1 Å². The van der Waals surface area contributed by atoms with Crippen LogP contribution < -0.4 is 9.64 Å². The first-order valence-electron chi connectivity index (χ1n) is 13.8. The van der Waals surface area contributed by atoms with Gasteiger partial charge in [-0.2, -0.15) is 0 Å². The molecular formula is C37H32FNO3. The number of rotatable bonds is 10. The normalized spacial score (nSPS) is 12.2. The highest BCUT2D eigenvalue weighted by Crippen LogP contribution is 2.37. The third-order valence-electron chi connectivity index (χ3n) is 7.21. The first-order valence-corrected chi connectivity index (χ1v) is 13.8. The third-order valence-corrected chi connectivity index (χ3v) is 7.21. The minimum absolute atomic E-state index is 0.0367. The maximum absolute atomic E-state index is 14.3. The van der Waals surface area contributed by atoms with Gasteiger partial charge in [-0.1, -0.05) is 74.2 Å². The second-order valence-corrected chi connectivity index (χ2v) is 10.0. The lowest BCUT2D eigenvalue weighted by Gasteiger charge is -2.26. The van der Waals surface area contributed by atoms with Crippen LogP contribution in [0.1, 0.15) is 25.3 Å². The van der Waals surface area contributed by atoms with E-state index in [1.54, 1.807) is 6.07 Å². The van der Waals surface area contributed by atoms with Gasteiger partial charge in [0, 0.05) is 29.1 Å². The Morgan fingerprint density at radius 2 is 1.29 bits per heavy atom. The van der Waals surface area contributed by atoms with Gasteiger partial charge >= 0.3 is 5.97 Å². The molecule has 0 aliphatic rings. The van der Waals surface area contributed by atoms with E-state index < -0.39 is 5.97 Å². The Labute approximate surface area is 246 Å². The smallest absolute Gasteiger partial charge is 0.330 e. The van der Waals surface area contributed by atoms with Crippen molar-refractivity contribution in [1.29, 1.82) is 0 Å². The van der Waals surface area contributed by atoms with Crippen molar-refractivity contribution in [2.75, 3.05) is 4.90 Å². The first kappa shape index (κ1) is 28.4. The first-order chi connectivity index (χ1) is 20.4. The van der Waals surface area contributed by atoms with Crippen molar-refractivity contribution in [3.8, 4) is 22.6 Å². The summed E-state index contributed by atoms with van der Waals surface area (Å²) in [7, 11) is 0. The highest BCUT2D eigenvalue weighted by Gasteiger charge is 2.18. The van der Waals surface area contributed by atoms with Gasteiger partial charge in [0.25, 0.3) is 0 Å². The van der Waals surface area contributed by atoms with Crippen LogP contribution in [0.15, 0.2) is 140 Å². The molecule has 0 fully saturated rings. The lowest BCUT2D eigenvalue weighted by molar-refractivity contribution is -0.143. The van der Waals surface area contributed by atoms with Crippen molar-refractivity contribution in [1.82, 2.24) is 0 Å². The van der Waals surface area contributed by atoms with Gasteiger partial charge in [-0.15, -0.1) is 0 Å². The van der Waals surface area contributed by atoms with E-state index >= 15 is 0 Å². The lowest BCUT2D eigenvalue weighted by atomic mass is 9.94. The third kappa shape index (κ3) is 6.76. The topological polar surface area (TPSA) is 38.8 Å². The minimum atomic E-state index is -0.421. The number of carbonyl (C=O) groups is 1. The van der Waals surface area contributed by atoms with Crippen molar-refractivity contribution in [2.45, 2.75) is 25.9 Å². The van der Waals surface area contributed by atoms with Crippen molar-refractivity contribution >= 4 is 23.0 Å². The summed E-state index contributed by atoms with van der Waals surface area (Å²) in [5, 5.41) is 0. The maximum Gasteiger partial charge on any atom is 0.330 e. The van der Waals surface area contributed by atoms with Crippen LogP contribution >= 0.6 is 0 Å². The van der Waals surface area contributed by atoms with Gasteiger partial charge in [-0.05, 0) is 90.3 Å². The second-order valence-electron chi connectivity index (χ2n) is 10.0. The van der Waals surface area contributed by atoms with E-state index in [0.29, 0.717) is 11.4 Å². The van der Waals surface area contributed by atoms with E-state index in [0.717, 1.165) is 33.8 Å². The largest absolute Gasteiger partial charge is 0.459 e. The molecule has 210 valence electrons. The quantitative estimate of drug-likeness (QED) is 0.127. The molecule has 5 aromatic rings. The zero-order valence-electron chi connectivity index (χ0n) is 23.6. The molecule has 0 saturated carbocycles. The van der Waals surface area contributed by atoms with E-state index in [9.17, 15) is 9.18 Å².